The van der Waals surface area contributed by atoms with Crippen LogP contribution in [0.3, 0.4) is 0 Å². The van der Waals surface area contributed by atoms with Crippen LogP contribution in [0.4, 0.5) is 4.39 Å². The highest BCUT2D eigenvalue weighted by Gasteiger charge is 2.15. The lowest BCUT2D eigenvalue weighted by molar-refractivity contribution is 0.0691. The fraction of sp³-hybridized carbons (Fsp3) is 0.462. The Morgan fingerprint density at radius 1 is 1.56 bits per heavy atom. The first-order valence-corrected chi connectivity index (χ1v) is 6.92. The topological polar surface area (TPSA) is 46.5 Å². The zero-order valence-electron chi connectivity index (χ0n) is 9.89. The highest BCUT2D eigenvalue weighted by Crippen LogP contribution is 2.24. The Labute approximate surface area is 109 Å². The van der Waals surface area contributed by atoms with Crippen molar-refractivity contribution in [3.63, 3.8) is 0 Å². The molecule has 0 spiro atoms. The summed E-state index contributed by atoms with van der Waals surface area (Å²) in [6.45, 7) is 0.842. The summed E-state index contributed by atoms with van der Waals surface area (Å²) in [6, 6.07) is 4.21. The summed E-state index contributed by atoms with van der Waals surface area (Å²) in [5.74, 6) is -1.06. The monoisotopic (exact) mass is 270 g/mol. The lowest BCUT2D eigenvalue weighted by atomic mass is 10.2. The van der Waals surface area contributed by atoms with E-state index in [2.05, 4.69) is 0 Å². The van der Waals surface area contributed by atoms with Gasteiger partial charge in [-0.15, -0.1) is 11.8 Å². The number of carbonyl (C=O) groups is 1. The third kappa shape index (κ3) is 3.46. The number of rotatable bonds is 5. The Balaban J connectivity index is 1.88. The quantitative estimate of drug-likeness (QED) is 0.835. The van der Waals surface area contributed by atoms with Crippen molar-refractivity contribution in [2.45, 2.75) is 30.3 Å². The lowest BCUT2D eigenvalue weighted by Gasteiger charge is -2.08. The number of carboxylic acids is 1. The fourth-order valence-electron chi connectivity index (χ4n) is 1.94. The Morgan fingerprint density at radius 2 is 2.39 bits per heavy atom. The molecule has 0 aromatic heterocycles. The summed E-state index contributed by atoms with van der Waals surface area (Å²) in [5, 5.41) is 8.82. The molecule has 1 aliphatic heterocycles. The number of hydrogen-bond donors (Lipinski definition) is 1. The van der Waals surface area contributed by atoms with Crippen molar-refractivity contribution in [2.75, 3.05) is 12.4 Å². The van der Waals surface area contributed by atoms with E-state index in [1.807, 2.05) is 0 Å². The molecule has 2 rings (SSSR count). The number of thioether (sulfide) groups is 1. The van der Waals surface area contributed by atoms with E-state index in [0.717, 1.165) is 36.5 Å². The molecule has 1 atom stereocenters. The molecule has 1 heterocycles. The summed E-state index contributed by atoms with van der Waals surface area (Å²) in [4.78, 5) is 11.6. The van der Waals surface area contributed by atoms with Crippen LogP contribution < -0.4 is 0 Å². The summed E-state index contributed by atoms with van der Waals surface area (Å²) in [6.07, 6.45) is 3.50. The predicted molar refractivity (Wildman–Crippen MR) is 67.7 cm³/mol. The standard InChI is InChI=1S/C13H15FO3S/c14-12-4-3-10(8-11(12)13(15)16)18-7-5-9-2-1-6-17-9/h3-4,8-9H,1-2,5-7H2,(H,15,16). The summed E-state index contributed by atoms with van der Waals surface area (Å²) < 4.78 is 18.7. The fourth-order valence-corrected chi connectivity index (χ4v) is 2.92. The molecule has 98 valence electrons. The molecule has 1 aromatic carbocycles. The van der Waals surface area contributed by atoms with Crippen LogP contribution >= 0.6 is 11.8 Å². The lowest BCUT2D eigenvalue weighted by Crippen LogP contribution is -2.05. The maximum absolute atomic E-state index is 13.2. The van der Waals surface area contributed by atoms with Crippen LogP contribution in [-0.4, -0.2) is 29.5 Å². The van der Waals surface area contributed by atoms with Gasteiger partial charge in [-0.3, -0.25) is 0 Å². The average Bonchev–Trinajstić information content (AvgIpc) is 2.84. The summed E-state index contributed by atoms with van der Waals surface area (Å²) in [7, 11) is 0. The normalized spacial score (nSPS) is 19.1. The van der Waals surface area contributed by atoms with E-state index in [-0.39, 0.29) is 5.56 Å². The van der Waals surface area contributed by atoms with Crippen LogP contribution in [0.5, 0.6) is 0 Å². The molecular formula is C13H15FO3S. The smallest absolute Gasteiger partial charge is 0.338 e. The van der Waals surface area contributed by atoms with Crippen molar-refractivity contribution < 1.29 is 19.0 Å². The van der Waals surface area contributed by atoms with Gasteiger partial charge < -0.3 is 9.84 Å². The first-order valence-electron chi connectivity index (χ1n) is 5.94. The van der Waals surface area contributed by atoms with Crippen LogP contribution in [0.25, 0.3) is 0 Å². The zero-order chi connectivity index (χ0) is 13.0. The zero-order valence-corrected chi connectivity index (χ0v) is 10.7. The molecule has 1 aliphatic rings. The Kier molecular flexibility index (Phi) is 4.60. The SMILES string of the molecule is O=C(O)c1cc(SCCC2CCCO2)ccc1F. The van der Waals surface area contributed by atoms with Crippen LogP contribution in [0.2, 0.25) is 0 Å². The first kappa shape index (κ1) is 13.4. The molecule has 0 bridgehead atoms. The van der Waals surface area contributed by atoms with Crippen molar-refractivity contribution in [1.29, 1.82) is 0 Å². The van der Waals surface area contributed by atoms with E-state index in [1.54, 1.807) is 6.07 Å². The van der Waals surface area contributed by atoms with Gasteiger partial charge in [-0.25, -0.2) is 9.18 Å². The number of ether oxygens (including phenoxy) is 1. The average molecular weight is 270 g/mol. The van der Waals surface area contributed by atoms with Gasteiger partial charge in [0.25, 0.3) is 0 Å². The van der Waals surface area contributed by atoms with E-state index < -0.39 is 11.8 Å². The molecule has 0 saturated carbocycles. The number of benzene rings is 1. The highest BCUT2D eigenvalue weighted by molar-refractivity contribution is 7.99. The third-order valence-electron chi connectivity index (χ3n) is 2.90. The van der Waals surface area contributed by atoms with Gasteiger partial charge in [-0.1, -0.05) is 0 Å². The van der Waals surface area contributed by atoms with Gasteiger partial charge in [0.15, 0.2) is 0 Å². The number of hydrogen-bond acceptors (Lipinski definition) is 3. The molecule has 18 heavy (non-hydrogen) atoms. The third-order valence-corrected chi connectivity index (χ3v) is 3.93. The van der Waals surface area contributed by atoms with Crippen molar-refractivity contribution in [3.8, 4) is 0 Å². The first-order chi connectivity index (χ1) is 8.66. The Bertz CT molecular complexity index is 430. The maximum atomic E-state index is 13.2. The van der Waals surface area contributed by atoms with Crippen LogP contribution in [0, 0.1) is 5.82 Å². The molecule has 0 amide bonds. The van der Waals surface area contributed by atoms with Gasteiger partial charge in [0.05, 0.1) is 11.7 Å². The molecule has 0 radical (unpaired) electrons. The maximum Gasteiger partial charge on any atom is 0.338 e. The van der Waals surface area contributed by atoms with Crippen molar-refractivity contribution in [2.24, 2.45) is 0 Å². The minimum atomic E-state index is -1.23. The van der Waals surface area contributed by atoms with Crippen LogP contribution in [0.1, 0.15) is 29.6 Å². The summed E-state index contributed by atoms with van der Waals surface area (Å²) in [5.41, 5.74) is -0.267. The second-order valence-corrected chi connectivity index (χ2v) is 5.39. The van der Waals surface area contributed by atoms with Crippen LogP contribution in [0.15, 0.2) is 23.1 Å². The molecule has 3 nitrogen and oxygen atoms in total. The van der Waals surface area contributed by atoms with Crippen molar-refractivity contribution in [3.05, 3.63) is 29.6 Å². The number of aromatic carboxylic acids is 1. The van der Waals surface area contributed by atoms with E-state index >= 15 is 0 Å². The van der Waals surface area contributed by atoms with Gasteiger partial charge in [0.1, 0.15) is 5.82 Å². The van der Waals surface area contributed by atoms with Gasteiger partial charge in [0, 0.05) is 17.3 Å². The van der Waals surface area contributed by atoms with E-state index in [9.17, 15) is 9.18 Å². The predicted octanol–water partition coefficient (Wildman–Crippen LogP) is 3.19. The van der Waals surface area contributed by atoms with Gasteiger partial charge >= 0.3 is 5.97 Å². The molecule has 0 aliphatic carbocycles. The molecule has 1 N–H and O–H groups in total. The molecule has 1 aromatic rings. The van der Waals surface area contributed by atoms with Gasteiger partial charge in [-0.05, 0) is 37.5 Å². The Morgan fingerprint density at radius 3 is 3.06 bits per heavy atom. The van der Waals surface area contributed by atoms with E-state index in [4.69, 9.17) is 9.84 Å². The van der Waals surface area contributed by atoms with Crippen molar-refractivity contribution >= 4 is 17.7 Å². The van der Waals surface area contributed by atoms with Gasteiger partial charge in [-0.2, -0.15) is 0 Å². The van der Waals surface area contributed by atoms with Crippen molar-refractivity contribution in [1.82, 2.24) is 0 Å². The number of halogens is 1. The highest BCUT2D eigenvalue weighted by atomic mass is 32.2. The molecule has 5 heteroatoms. The van der Waals surface area contributed by atoms with E-state index in [0.29, 0.717) is 6.10 Å². The second-order valence-electron chi connectivity index (χ2n) is 4.22. The van der Waals surface area contributed by atoms with E-state index in [1.165, 1.54) is 23.9 Å². The Hall–Kier alpha value is -1.07. The van der Waals surface area contributed by atoms with Crippen LogP contribution in [-0.2, 0) is 4.74 Å². The molecule has 1 saturated heterocycles. The van der Waals surface area contributed by atoms with Gasteiger partial charge in [0.2, 0.25) is 0 Å². The second kappa shape index (κ2) is 6.20. The molecule has 1 unspecified atom stereocenters. The molecule has 1 fully saturated rings. The largest absolute Gasteiger partial charge is 0.478 e. The molecular weight excluding hydrogens is 255 g/mol. The summed E-state index contributed by atoms with van der Waals surface area (Å²) >= 11 is 1.54. The minimum absolute atomic E-state index is 0.267. The number of carboxylic acid groups (broad SMARTS) is 1. The minimum Gasteiger partial charge on any atom is -0.478 e.